The van der Waals surface area contributed by atoms with E-state index in [-0.39, 0.29) is 10.8 Å². The first-order valence-corrected chi connectivity index (χ1v) is 14.2. The summed E-state index contributed by atoms with van der Waals surface area (Å²) in [5.41, 5.74) is 0. The zero-order valence-electron chi connectivity index (χ0n) is 15.6. The quantitative estimate of drug-likeness (QED) is 0.277. The lowest BCUT2D eigenvalue weighted by Crippen LogP contribution is -2.42. The molecule has 140 valence electrons. The van der Waals surface area contributed by atoms with Crippen molar-refractivity contribution in [1.29, 1.82) is 0 Å². The van der Waals surface area contributed by atoms with Gasteiger partial charge in [0.25, 0.3) is 0 Å². The molecule has 0 spiro atoms. The van der Waals surface area contributed by atoms with Crippen molar-refractivity contribution in [2.75, 3.05) is 21.3 Å². The van der Waals surface area contributed by atoms with E-state index in [0.29, 0.717) is 6.42 Å². The van der Waals surface area contributed by atoms with Crippen LogP contribution in [0.1, 0.15) is 6.42 Å². The number of methoxy groups -OCH3 is 1. The number of benzene rings is 1. The first kappa shape index (κ1) is 20.7. The van der Waals surface area contributed by atoms with Crippen molar-refractivity contribution in [3.8, 4) is 0 Å². The van der Waals surface area contributed by atoms with Crippen LogP contribution in [0.5, 0.6) is 0 Å². The van der Waals surface area contributed by atoms with Crippen molar-refractivity contribution in [2.24, 2.45) is 5.92 Å². The Labute approximate surface area is 155 Å². The molecule has 2 rings (SSSR count). The summed E-state index contributed by atoms with van der Waals surface area (Å²) < 4.78 is 28.6. The van der Waals surface area contributed by atoms with E-state index in [9.17, 15) is 9.36 Å². The highest BCUT2D eigenvalue weighted by atomic mass is 32.2. The fourth-order valence-electron chi connectivity index (χ4n) is 3.38. The lowest BCUT2D eigenvalue weighted by Gasteiger charge is -2.32. The molecule has 0 heterocycles. The minimum Gasteiger partial charge on any atom is -0.468 e. The normalized spacial score (nSPS) is 24.6. The minimum atomic E-state index is -3.60. The Bertz CT molecular complexity index is 655. The van der Waals surface area contributed by atoms with Gasteiger partial charge in [-0.1, -0.05) is 37.8 Å². The molecule has 0 bridgehead atoms. The van der Waals surface area contributed by atoms with Crippen molar-refractivity contribution in [2.45, 2.75) is 41.0 Å². The maximum absolute atomic E-state index is 13.2. The Morgan fingerprint density at radius 3 is 2.20 bits per heavy atom. The van der Waals surface area contributed by atoms with Crippen LogP contribution in [-0.4, -0.2) is 45.4 Å². The number of esters is 1. The van der Waals surface area contributed by atoms with Crippen LogP contribution in [0.2, 0.25) is 19.6 Å². The second-order valence-electron chi connectivity index (χ2n) is 7.31. The molecule has 0 unspecified atom stereocenters. The number of hydrogen-bond acceptors (Lipinski definition) is 6. The average Bonchev–Trinajstić information content (AvgIpc) is 3.35. The largest absolute Gasteiger partial charge is 0.468 e. The number of thioether (sulfide) groups is 1. The summed E-state index contributed by atoms with van der Waals surface area (Å²) in [4.78, 5) is 13.9. The molecule has 0 aromatic heterocycles. The third-order valence-corrected chi connectivity index (χ3v) is 13.1. The van der Waals surface area contributed by atoms with Crippen LogP contribution in [0.15, 0.2) is 35.2 Å². The van der Waals surface area contributed by atoms with E-state index in [0.717, 1.165) is 4.90 Å². The van der Waals surface area contributed by atoms with Crippen LogP contribution in [0.25, 0.3) is 0 Å². The van der Waals surface area contributed by atoms with E-state index in [1.165, 1.54) is 21.3 Å². The predicted molar refractivity (Wildman–Crippen MR) is 104 cm³/mol. The maximum atomic E-state index is 13.2. The summed E-state index contributed by atoms with van der Waals surface area (Å²) in [7, 11) is -1.31. The van der Waals surface area contributed by atoms with Gasteiger partial charge in [-0.3, -0.25) is 9.36 Å². The third kappa shape index (κ3) is 3.76. The van der Waals surface area contributed by atoms with Crippen molar-refractivity contribution in [1.82, 2.24) is 0 Å². The van der Waals surface area contributed by atoms with Crippen LogP contribution >= 0.6 is 19.4 Å². The molecule has 25 heavy (non-hydrogen) atoms. The smallest absolute Gasteiger partial charge is 0.347 e. The van der Waals surface area contributed by atoms with Gasteiger partial charge in [0.15, 0.2) is 5.16 Å². The van der Waals surface area contributed by atoms with Gasteiger partial charge in [-0.05, 0) is 24.5 Å². The van der Waals surface area contributed by atoms with Gasteiger partial charge in [-0.25, -0.2) is 0 Å². The van der Waals surface area contributed by atoms with Gasteiger partial charge in [0.2, 0.25) is 0 Å². The molecule has 0 aliphatic heterocycles. The number of ether oxygens (including phenoxy) is 1. The first-order valence-electron chi connectivity index (χ1n) is 8.18. The van der Waals surface area contributed by atoms with Crippen LogP contribution < -0.4 is 0 Å². The summed E-state index contributed by atoms with van der Waals surface area (Å²) in [6, 6.07) is 10.1. The van der Waals surface area contributed by atoms with Gasteiger partial charge in [-0.15, -0.1) is 11.8 Å². The van der Waals surface area contributed by atoms with Gasteiger partial charge >= 0.3 is 13.6 Å². The number of hydrogen-bond donors (Lipinski definition) is 0. The second-order valence-corrected chi connectivity index (χ2v) is 16.8. The molecule has 1 aromatic carbocycles. The summed E-state index contributed by atoms with van der Waals surface area (Å²) in [5, 5.41) is -1.20. The van der Waals surface area contributed by atoms with Crippen molar-refractivity contribution < 1.29 is 23.1 Å². The molecule has 5 nitrogen and oxygen atoms in total. The van der Waals surface area contributed by atoms with Crippen molar-refractivity contribution in [3.05, 3.63) is 30.3 Å². The zero-order chi connectivity index (χ0) is 18.9. The van der Waals surface area contributed by atoms with E-state index in [1.807, 2.05) is 18.2 Å². The molecule has 1 fully saturated rings. The first-order chi connectivity index (χ1) is 11.7. The third-order valence-electron chi connectivity index (χ3n) is 4.72. The number of carbonyl (C=O) groups excluding carboxylic acids is 1. The molecule has 1 aromatic rings. The van der Waals surface area contributed by atoms with Gasteiger partial charge in [0, 0.05) is 24.0 Å². The second kappa shape index (κ2) is 7.57. The number of carbonyl (C=O) groups is 1. The fourth-order valence-corrected chi connectivity index (χ4v) is 10.2. The highest BCUT2D eigenvalue weighted by Gasteiger charge is 2.76. The number of rotatable bonds is 8. The molecule has 1 aliphatic carbocycles. The molecule has 0 N–H and O–H groups in total. The van der Waals surface area contributed by atoms with Gasteiger partial charge < -0.3 is 13.8 Å². The average molecular weight is 403 g/mol. The van der Waals surface area contributed by atoms with Crippen LogP contribution in [-0.2, 0) is 23.1 Å². The molecule has 0 amide bonds. The maximum Gasteiger partial charge on any atom is 0.347 e. The summed E-state index contributed by atoms with van der Waals surface area (Å²) >= 11 is 1.76. The Kier molecular flexibility index (Phi) is 6.27. The van der Waals surface area contributed by atoms with Crippen LogP contribution in [0.3, 0.4) is 0 Å². The van der Waals surface area contributed by atoms with E-state index < -0.39 is 26.8 Å². The Morgan fingerprint density at radius 2 is 1.76 bits per heavy atom. The minimum absolute atomic E-state index is 0.0949. The molecular weight excluding hydrogens is 375 g/mol. The zero-order valence-corrected chi connectivity index (χ0v) is 18.4. The van der Waals surface area contributed by atoms with Crippen molar-refractivity contribution >= 4 is 33.4 Å². The van der Waals surface area contributed by atoms with Gasteiger partial charge in [0.1, 0.15) is 0 Å². The van der Waals surface area contributed by atoms with E-state index in [4.69, 9.17) is 13.8 Å². The molecule has 0 saturated heterocycles. The molecule has 3 atom stereocenters. The molecule has 1 aliphatic rings. The highest BCUT2D eigenvalue weighted by molar-refractivity contribution is 8.01. The lowest BCUT2D eigenvalue weighted by molar-refractivity contribution is -0.141. The Morgan fingerprint density at radius 1 is 1.20 bits per heavy atom. The Hall–Kier alpha value is -0.593. The Balaban J connectivity index is 2.41. The van der Waals surface area contributed by atoms with E-state index >= 15 is 0 Å². The fraction of sp³-hybridized carbons (Fsp3) is 0.588. The van der Waals surface area contributed by atoms with Crippen LogP contribution in [0, 0.1) is 5.92 Å². The van der Waals surface area contributed by atoms with E-state index in [2.05, 4.69) is 31.8 Å². The van der Waals surface area contributed by atoms with Gasteiger partial charge in [0.05, 0.1) is 15.2 Å². The van der Waals surface area contributed by atoms with Crippen molar-refractivity contribution in [3.63, 3.8) is 0 Å². The topological polar surface area (TPSA) is 61.8 Å². The highest BCUT2D eigenvalue weighted by Crippen LogP contribution is 2.76. The standard InChI is InChI=1S/C17H27O5PSSi/c1-20-16(18)17(23(19,21-2)22-3)12-14(17)15(25(4,5)6)24-13-10-8-7-9-11-13/h7-11,14-15H,12H2,1-6H3/t14-,15+,17-/m1/s1. The van der Waals surface area contributed by atoms with Crippen LogP contribution in [0.4, 0.5) is 0 Å². The lowest BCUT2D eigenvalue weighted by atomic mass is 10.3. The van der Waals surface area contributed by atoms with Gasteiger partial charge in [-0.2, -0.15) is 0 Å². The van der Waals surface area contributed by atoms with E-state index in [1.54, 1.807) is 11.8 Å². The molecule has 1 saturated carbocycles. The molecular formula is C17H27O5PSSi. The summed E-state index contributed by atoms with van der Waals surface area (Å²) in [6.45, 7) is 6.79. The monoisotopic (exact) mass is 402 g/mol. The SMILES string of the molecule is COC(=O)[C@@]1(P(=O)(OC)OC)C[C@@H]1[C@@H](Sc1ccccc1)[Si](C)(C)C. The summed E-state index contributed by atoms with van der Waals surface area (Å²) in [6.07, 6.45) is 0.466. The molecule has 8 heteroatoms. The molecule has 0 radical (unpaired) electrons. The summed E-state index contributed by atoms with van der Waals surface area (Å²) in [5.74, 6) is -0.594. The predicted octanol–water partition coefficient (Wildman–Crippen LogP) is 4.44.